The standard InChI is InChI=1S/C13H15FN4O3/c1-2-20-13-16-12(17-18-13)15-11(19)7-8-21-10-6-4-3-5-9(10)14/h3-6H,2,7-8H2,1H3,(H2,15,16,17,18,19). The van der Waals surface area contributed by atoms with Gasteiger partial charge in [-0.3, -0.25) is 10.1 Å². The maximum absolute atomic E-state index is 13.3. The molecule has 1 heterocycles. The van der Waals surface area contributed by atoms with Crippen molar-refractivity contribution >= 4 is 11.9 Å². The van der Waals surface area contributed by atoms with Crippen LogP contribution in [-0.2, 0) is 4.79 Å². The molecule has 112 valence electrons. The van der Waals surface area contributed by atoms with Gasteiger partial charge in [-0.05, 0) is 19.1 Å². The quantitative estimate of drug-likeness (QED) is 0.812. The summed E-state index contributed by atoms with van der Waals surface area (Å²) >= 11 is 0. The molecule has 0 spiro atoms. The van der Waals surface area contributed by atoms with Gasteiger partial charge >= 0.3 is 6.01 Å². The lowest BCUT2D eigenvalue weighted by atomic mass is 10.3. The molecule has 0 saturated carbocycles. The van der Waals surface area contributed by atoms with Crippen molar-refractivity contribution in [1.29, 1.82) is 0 Å². The number of nitrogens with one attached hydrogen (secondary N) is 2. The highest BCUT2D eigenvalue weighted by Gasteiger charge is 2.08. The Labute approximate surface area is 120 Å². The first-order valence-corrected chi connectivity index (χ1v) is 6.41. The van der Waals surface area contributed by atoms with Gasteiger partial charge in [-0.1, -0.05) is 12.1 Å². The summed E-state index contributed by atoms with van der Waals surface area (Å²) in [5.41, 5.74) is 0. The Hall–Kier alpha value is -2.64. The van der Waals surface area contributed by atoms with E-state index in [-0.39, 0.29) is 36.6 Å². The third kappa shape index (κ3) is 4.44. The highest BCUT2D eigenvalue weighted by molar-refractivity contribution is 5.88. The zero-order valence-corrected chi connectivity index (χ0v) is 11.4. The second-order valence-corrected chi connectivity index (χ2v) is 3.98. The van der Waals surface area contributed by atoms with Crippen molar-refractivity contribution in [1.82, 2.24) is 15.2 Å². The lowest BCUT2D eigenvalue weighted by molar-refractivity contribution is -0.116. The van der Waals surface area contributed by atoms with Gasteiger partial charge in [-0.25, -0.2) is 9.49 Å². The summed E-state index contributed by atoms with van der Waals surface area (Å²) in [5.74, 6) is -0.488. The van der Waals surface area contributed by atoms with Crippen molar-refractivity contribution in [3.05, 3.63) is 30.1 Å². The zero-order chi connectivity index (χ0) is 15.1. The molecule has 1 aromatic carbocycles. The predicted molar refractivity (Wildman–Crippen MR) is 72.7 cm³/mol. The van der Waals surface area contributed by atoms with Crippen LogP contribution in [0.15, 0.2) is 24.3 Å². The van der Waals surface area contributed by atoms with Gasteiger partial charge in [0.1, 0.15) is 0 Å². The van der Waals surface area contributed by atoms with Gasteiger partial charge in [0, 0.05) is 0 Å². The molecule has 1 amide bonds. The number of carbonyl (C=O) groups excluding carboxylic acids is 1. The van der Waals surface area contributed by atoms with Crippen molar-refractivity contribution in [3.63, 3.8) is 0 Å². The number of hydrogen-bond acceptors (Lipinski definition) is 5. The summed E-state index contributed by atoms with van der Waals surface area (Å²) in [4.78, 5) is 15.5. The molecule has 7 nitrogen and oxygen atoms in total. The summed E-state index contributed by atoms with van der Waals surface area (Å²) in [6.45, 7) is 2.29. The number of nitrogens with zero attached hydrogens (tertiary/aromatic N) is 2. The van der Waals surface area contributed by atoms with E-state index >= 15 is 0 Å². The number of para-hydroxylation sites is 1. The number of H-pyrrole nitrogens is 1. The number of amides is 1. The van der Waals surface area contributed by atoms with E-state index in [0.29, 0.717) is 6.61 Å². The number of carbonyl (C=O) groups is 1. The molecule has 2 rings (SSSR count). The molecule has 0 saturated heterocycles. The van der Waals surface area contributed by atoms with Crippen LogP contribution in [0.5, 0.6) is 11.8 Å². The Balaban J connectivity index is 1.75. The van der Waals surface area contributed by atoms with E-state index in [9.17, 15) is 9.18 Å². The van der Waals surface area contributed by atoms with Crippen molar-refractivity contribution < 1.29 is 18.7 Å². The van der Waals surface area contributed by atoms with Crippen molar-refractivity contribution in [2.75, 3.05) is 18.5 Å². The van der Waals surface area contributed by atoms with Crippen molar-refractivity contribution in [3.8, 4) is 11.8 Å². The molecule has 0 aliphatic heterocycles. The third-order valence-corrected chi connectivity index (χ3v) is 2.42. The number of benzene rings is 1. The molecule has 0 bridgehead atoms. The largest absolute Gasteiger partial charge is 0.490 e. The van der Waals surface area contributed by atoms with Crippen LogP contribution in [0.2, 0.25) is 0 Å². The molecule has 0 unspecified atom stereocenters. The first-order valence-electron chi connectivity index (χ1n) is 6.41. The Morgan fingerprint density at radius 1 is 1.38 bits per heavy atom. The summed E-state index contributed by atoms with van der Waals surface area (Å²) in [6, 6.07) is 6.17. The lowest BCUT2D eigenvalue weighted by Gasteiger charge is -2.06. The molecule has 2 N–H and O–H groups in total. The molecule has 2 aromatic rings. The first kappa shape index (κ1) is 14.8. The van der Waals surface area contributed by atoms with Gasteiger partial charge in [-0.15, -0.1) is 5.10 Å². The average Bonchev–Trinajstić information content (AvgIpc) is 2.88. The summed E-state index contributed by atoms with van der Waals surface area (Å²) < 4.78 is 23.5. The Morgan fingerprint density at radius 2 is 2.19 bits per heavy atom. The van der Waals surface area contributed by atoms with Gasteiger partial charge < -0.3 is 9.47 Å². The third-order valence-electron chi connectivity index (χ3n) is 2.42. The Bertz CT molecular complexity index is 603. The molecule has 1 aromatic heterocycles. The normalized spacial score (nSPS) is 10.2. The monoisotopic (exact) mass is 294 g/mol. The molecule has 0 radical (unpaired) electrons. The van der Waals surface area contributed by atoms with E-state index in [2.05, 4.69) is 20.5 Å². The molecule has 0 aliphatic carbocycles. The minimum Gasteiger partial charge on any atom is -0.490 e. The van der Waals surface area contributed by atoms with E-state index < -0.39 is 5.82 Å². The molecular formula is C13H15FN4O3. The first-order chi connectivity index (χ1) is 10.2. The maximum atomic E-state index is 13.3. The lowest BCUT2D eigenvalue weighted by Crippen LogP contribution is -2.16. The van der Waals surface area contributed by atoms with E-state index in [4.69, 9.17) is 9.47 Å². The highest BCUT2D eigenvalue weighted by atomic mass is 19.1. The van der Waals surface area contributed by atoms with Gasteiger partial charge in [-0.2, -0.15) is 4.98 Å². The molecule has 0 aliphatic rings. The van der Waals surface area contributed by atoms with E-state index in [1.807, 2.05) is 0 Å². The number of hydrogen-bond donors (Lipinski definition) is 2. The fraction of sp³-hybridized carbons (Fsp3) is 0.308. The van der Waals surface area contributed by atoms with E-state index in [0.717, 1.165) is 0 Å². The second kappa shape index (κ2) is 7.22. The topological polar surface area (TPSA) is 89.1 Å². The number of aromatic amines is 1. The van der Waals surface area contributed by atoms with Crippen LogP contribution in [-0.4, -0.2) is 34.3 Å². The van der Waals surface area contributed by atoms with Gasteiger partial charge in [0.25, 0.3) is 0 Å². The van der Waals surface area contributed by atoms with Crippen LogP contribution < -0.4 is 14.8 Å². The average molecular weight is 294 g/mol. The SMILES string of the molecule is CCOc1n[nH]c(NC(=O)CCOc2ccccc2F)n1. The Morgan fingerprint density at radius 3 is 2.95 bits per heavy atom. The number of halogens is 1. The molecule has 21 heavy (non-hydrogen) atoms. The smallest absolute Gasteiger partial charge is 0.337 e. The van der Waals surface area contributed by atoms with Gasteiger partial charge in [0.2, 0.25) is 11.9 Å². The summed E-state index contributed by atoms with van der Waals surface area (Å²) in [5, 5.41) is 8.76. The van der Waals surface area contributed by atoms with Crippen LogP contribution in [0.1, 0.15) is 13.3 Å². The summed E-state index contributed by atoms with van der Waals surface area (Å²) in [7, 11) is 0. The van der Waals surface area contributed by atoms with Crippen LogP contribution in [0.4, 0.5) is 10.3 Å². The second-order valence-electron chi connectivity index (χ2n) is 3.98. The minimum atomic E-state index is -0.463. The van der Waals surface area contributed by atoms with Crippen molar-refractivity contribution in [2.45, 2.75) is 13.3 Å². The number of rotatable bonds is 7. The van der Waals surface area contributed by atoms with Crippen LogP contribution in [0.3, 0.4) is 0 Å². The van der Waals surface area contributed by atoms with Crippen LogP contribution in [0.25, 0.3) is 0 Å². The maximum Gasteiger partial charge on any atom is 0.337 e. The number of ether oxygens (including phenoxy) is 2. The molecule has 8 heteroatoms. The highest BCUT2D eigenvalue weighted by Crippen LogP contribution is 2.15. The number of anilines is 1. The fourth-order valence-corrected chi connectivity index (χ4v) is 1.51. The van der Waals surface area contributed by atoms with Gasteiger partial charge in [0.15, 0.2) is 11.6 Å². The van der Waals surface area contributed by atoms with Crippen LogP contribution in [0, 0.1) is 5.82 Å². The number of aromatic nitrogens is 3. The summed E-state index contributed by atoms with van der Waals surface area (Å²) in [6.07, 6.45) is 0.0546. The van der Waals surface area contributed by atoms with Crippen LogP contribution >= 0.6 is 0 Å². The van der Waals surface area contributed by atoms with E-state index in [1.54, 1.807) is 19.1 Å². The molecular weight excluding hydrogens is 279 g/mol. The molecule has 0 fully saturated rings. The molecule has 0 atom stereocenters. The van der Waals surface area contributed by atoms with E-state index in [1.165, 1.54) is 12.1 Å². The van der Waals surface area contributed by atoms with Crippen molar-refractivity contribution in [2.24, 2.45) is 0 Å². The zero-order valence-electron chi connectivity index (χ0n) is 11.4. The van der Waals surface area contributed by atoms with Gasteiger partial charge in [0.05, 0.1) is 19.6 Å². The predicted octanol–water partition coefficient (Wildman–Crippen LogP) is 1.75. The minimum absolute atomic E-state index is 0.0546. The fourth-order valence-electron chi connectivity index (χ4n) is 1.51. The Kier molecular flexibility index (Phi) is 5.08.